The number of rotatable bonds is 8. The summed E-state index contributed by atoms with van der Waals surface area (Å²) in [7, 11) is 0. The van der Waals surface area contributed by atoms with Crippen LogP contribution in [0.25, 0.3) is 6.08 Å². The van der Waals surface area contributed by atoms with Crippen LogP contribution in [0.5, 0.6) is 11.5 Å². The molecule has 2 aromatic rings. The van der Waals surface area contributed by atoms with Crippen LogP contribution < -0.4 is 9.47 Å². The Labute approximate surface area is 225 Å². The molecule has 11 heteroatoms. The van der Waals surface area contributed by atoms with Crippen molar-refractivity contribution in [3.8, 4) is 11.5 Å². The van der Waals surface area contributed by atoms with Gasteiger partial charge in [-0.15, -0.1) is 0 Å². The van der Waals surface area contributed by atoms with E-state index in [1.165, 1.54) is 6.08 Å². The average Bonchev–Trinajstić information content (AvgIpc) is 3.03. The van der Waals surface area contributed by atoms with Crippen LogP contribution in [0, 0.1) is 3.57 Å². The van der Waals surface area contributed by atoms with Crippen molar-refractivity contribution in [1.82, 2.24) is 4.90 Å². The van der Waals surface area contributed by atoms with Gasteiger partial charge in [-0.05, 0) is 91.0 Å². The van der Waals surface area contributed by atoms with Crippen molar-refractivity contribution in [3.05, 3.63) is 61.0 Å². The lowest BCUT2D eigenvalue weighted by molar-refractivity contribution is -0.149. The fraction of sp³-hybridized carbons (Fsp3) is 0.250. The van der Waals surface area contributed by atoms with Gasteiger partial charge in [0.1, 0.15) is 6.54 Å². The summed E-state index contributed by atoms with van der Waals surface area (Å²) in [6.07, 6.45) is 1.16. The molecule has 2 aromatic carbocycles. The molecular weight excluding hydrogens is 609 g/mol. The minimum absolute atomic E-state index is 0.145. The van der Waals surface area contributed by atoms with Crippen LogP contribution >= 0.6 is 46.0 Å². The molecule has 1 saturated heterocycles. The van der Waals surface area contributed by atoms with Gasteiger partial charge >= 0.3 is 11.9 Å². The number of benzene rings is 2. The lowest BCUT2D eigenvalue weighted by Crippen LogP contribution is -2.35. The molecule has 35 heavy (non-hydrogen) atoms. The largest absolute Gasteiger partial charge is 0.490 e. The van der Waals surface area contributed by atoms with Crippen LogP contribution in [0.1, 0.15) is 36.7 Å². The van der Waals surface area contributed by atoms with Gasteiger partial charge in [0.15, 0.2) is 11.5 Å². The highest BCUT2D eigenvalue weighted by Crippen LogP contribution is 2.38. The van der Waals surface area contributed by atoms with Gasteiger partial charge < -0.3 is 14.2 Å². The van der Waals surface area contributed by atoms with Crippen LogP contribution in [-0.2, 0) is 14.3 Å². The molecule has 0 N–H and O–H groups in total. The van der Waals surface area contributed by atoms with Crippen LogP contribution in [0.3, 0.4) is 0 Å². The summed E-state index contributed by atoms with van der Waals surface area (Å²) in [6, 6.07) is 9.81. The van der Waals surface area contributed by atoms with Crippen molar-refractivity contribution >= 4 is 75.1 Å². The molecule has 1 aliphatic rings. The molecule has 0 aliphatic carbocycles. The number of ether oxygens (including phenoxy) is 3. The van der Waals surface area contributed by atoms with Gasteiger partial charge in [-0.3, -0.25) is 19.3 Å². The molecule has 0 radical (unpaired) electrons. The molecular formula is C24H21ClINO7S. The van der Waals surface area contributed by atoms with Gasteiger partial charge in [-0.2, -0.15) is 0 Å². The van der Waals surface area contributed by atoms with Gasteiger partial charge in [0.25, 0.3) is 11.1 Å². The van der Waals surface area contributed by atoms with Crippen molar-refractivity contribution in [1.29, 1.82) is 0 Å². The summed E-state index contributed by atoms with van der Waals surface area (Å²) >= 11 is 8.82. The maximum absolute atomic E-state index is 12.7. The summed E-state index contributed by atoms with van der Waals surface area (Å²) in [5.74, 6) is -1.41. The number of halogens is 2. The molecule has 3 rings (SSSR count). The third-order valence-corrected chi connectivity index (χ3v) is 6.48. The lowest BCUT2D eigenvalue weighted by atomic mass is 10.1. The maximum atomic E-state index is 12.7. The third-order valence-electron chi connectivity index (χ3n) is 4.45. The Morgan fingerprint density at radius 2 is 1.91 bits per heavy atom. The normalized spacial score (nSPS) is 14.6. The first-order chi connectivity index (χ1) is 16.6. The number of imide groups is 1. The van der Waals surface area contributed by atoms with E-state index in [-0.39, 0.29) is 33.1 Å². The standard InChI is InChI=1S/C24H21ClINO7S/c1-4-32-18-10-14(9-17(26)21(18)34-23(30)15-7-5-6-8-16(15)25)11-19-22(29)27(24(31)35-19)12-20(28)33-13(2)3/h5-11,13H,4,12H2,1-3H3/b19-11-. The van der Waals surface area contributed by atoms with Crippen LogP contribution in [0.15, 0.2) is 41.3 Å². The number of esters is 2. The highest BCUT2D eigenvalue weighted by molar-refractivity contribution is 14.1. The Morgan fingerprint density at radius 1 is 1.20 bits per heavy atom. The van der Waals surface area contributed by atoms with E-state index in [2.05, 4.69) is 0 Å². The van der Waals surface area contributed by atoms with Crippen LogP contribution in [-0.4, -0.2) is 47.2 Å². The highest BCUT2D eigenvalue weighted by atomic mass is 127. The number of hydrogen-bond acceptors (Lipinski definition) is 8. The van der Waals surface area contributed by atoms with Gasteiger partial charge in [0, 0.05) is 0 Å². The van der Waals surface area contributed by atoms with Crippen molar-refractivity contribution < 1.29 is 33.4 Å². The minimum atomic E-state index is -0.665. The van der Waals surface area contributed by atoms with E-state index in [1.54, 1.807) is 57.2 Å². The summed E-state index contributed by atoms with van der Waals surface area (Å²) in [6.45, 7) is 4.97. The zero-order valence-electron chi connectivity index (χ0n) is 19.0. The SMILES string of the molecule is CCOc1cc(/C=C2\SC(=O)N(CC(=O)OC(C)C)C2=O)cc(I)c1OC(=O)c1ccccc1Cl. The van der Waals surface area contributed by atoms with E-state index in [4.69, 9.17) is 25.8 Å². The summed E-state index contributed by atoms with van der Waals surface area (Å²) in [4.78, 5) is 50.6. The molecule has 0 saturated carbocycles. The number of amides is 2. The van der Waals surface area contributed by atoms with E-state index in [1.807, 2.05) is 22.6 Å². The van der Waals surface area contributed by atoms with Crippen molar-refractivity contribution in [2.45, 2.75) is 26.9 Å². The van der Waals surface area contributed by atoms with Gasteiger partial charge in [0.2, 0.25) is 0 Å². The van der Waals surface area contributed by atoms with Crippen molar-refractivity contribution in [3.63, 3.8) is 0 Å². The molecule has 1 aliphatic heterocycles. The van der Waals surface area contributed by atoms with Crippen LogP contribution in [0.4, 0.5) is 4.79 Å². The summed E-state index contributed by atoms with van der Waals surface area (Å²) in [5.41, 5.74) is 0.756. The Kier molecular flexibility index (Phi) is 9.20. The Morgan fingerprint density at radius 3 is 2.57 bits per heavy atom. The number of thioether (sulfide) groups is 1. The fourth-order valence-corrected chi connectivity index (χ4v) is 4.81. The molecule has 8 nitrogen and oxygen atoms in total. The van der Waals surface area contributed by atoms with Crippen molar-refractivity contribution in [2.75, 3.05) is 13.2 Å². The molecule has 2 amide bonds. The zero-order chi connectivity index (χ0) is 25.7. The van der Waals surface area contributed by atoms with Crippen LogP contribution in [0.2, 0.25) is 5.02 Å². The van der Waals surface area contributed by atoms with Gasteiger partial charge in [0.05, 0.1) is 31.8 Å². The number of nitrogens with zero attached hydrogens (tertiary/aromatic N) is 1. The summed E-state index contributed by atoms with van der Waals surface area (Å²) in [5, 5.41) is -0.304. The quantitative estimate of drug-likeness (QED) is 0.162. The number of carbonyl (C=O) groups is 4. The van der Waals surface area contributed by atoms with Gasteiger partial charge in [-0.25, -0.2) is 4.79 Å². The number of carbonyl (C=O) groups excluding carboxylic acids is 4. The first-order valence-corrected chi connectivity index (χ1v) is 12.8. The first kappa shape index (κ1) is 27.0. The minimum Gasteiger partial charge on any atom is -0.490 e. The van der Waals surface area contributed by atoms with E-state index >= 15 is 0 Å². The molecule has 0 atom stereocenters. The topological polar surface area (TPSA) is 99.2 Å². The van der Waals surface area contributed by atoms with Gasteiger partial charge in [-0.1, -0.05) is 23.7 Å². The average molecular weight is 630 g/mol. The molecule has 0 unspecified atom stereocenters. The zero-order valence-corrected chi connectivity index (χ0v) is 22.7. The molecule has 1 fully saturated rings. The number of hydrogen-bond donors (Lipinski definition) is 0. The predicted molar refractivity (Wildman–Crippen MR) is 141 cm³/mol. The Hall–Kier alpha value is -2.57. The fourth-order valence-electron chi connectivity index (χ4n) is 3.02. The molecule has 1 heterocycles. The van der Waals surface area contributed by atoms with E-state index in [0.29, 0.717) is 15.7 Å². The second-order valence-electron chi connectivity index (χ2n) is 7.44. The molecule has 0 bridgehead atoms. The molecule has 0 spiro atoms. The highest BCUT2D eigenvalue weighted by Gasteiger charge is 2.37. The first-order valence-electron chi connectivity index (χ1n) is 10.5. The predicted octanol–water partition coefficient (Wildman–Crippen LogP) is 5.55. The second kappa shape index (κ2) is 11.9. The monoisotopic (exact) mass is 629 g/mol. The molecule has 184 valence electrons. The summed E-state index contributed by atoms with van der Waals surface area (Å²) < 4.78 is 16.8. The van der Waals surface area contributed by atoms with E-state index < -0.39 is 29.6 Å². The van der Waals surface area contributed by atoms with Crippen molar-refractivity contribution in [2.24, 2.45) is 0 Å². The van der Waals surface area contributed by atoms with E-state index in [9.17, 15) is 19.2 Å². The smallest absolute Gasteiger partial charge is 0.345 e. The Balaban J connectivity index is 1.86. The van der Waals surface area contributed by atoms with E-state index in [0.717, 1.165) is 16.7 Å². The lowest BCUT2D eigenvalue weighted by Gasteiger charge is -2.14. The third kappa shape index (κ3) is 6.77. The maximum Gasteiger partial charge on any atom is 0.345 e. The second-order valence-corrected chi connectivity index (χ2v) is 10.0. The molecule has 0 aromatic heterocycles. The Bertz CT molecular complexity index is 1210.